The van der Waals surface area contributed by atoms with Crippen LogP contribution in [0.15, 0.2) is 46.2 Å². The molecule has 2 rings (SSSR count). The fourth-order valence-electron chi connectivity index (χ4n) is 1.28. The molecule has 88 valence electrons. The van der Waals surface area contributed by atoms with Gasteiger partial charge in [0.05, 0.1) is 15.1 Å². The van der Waals surface area contributed by atoms with E-state index in [2.05, 4.69) is 0 Å². The van der Waals surface area contributed by atoms with Crippen LogP contribution in [0.2, 0.25) is 15.1 Å². The standard InChI is InChI=1S/C12H8Cl3NS/c13-8-2-1-3-11(12(8)15)17-10-5-4-7(16)6-9(10)14/h1-6H,16H2. The fraction of sp³-hybridized carbons (Fsp3) is 0. The number of nitrogen functional groups attached to an aromatic ring is 1. The van der Waals surface area contributed by atoms with Gasteiger partial charge < -0.3 is 5.73 Å². The number of hydrogen-bond donors (Lipinski definition) is 1. The highest BCUT2D eigenvalue weighted by molar-refractivity contribution is 7.99. The monoisotopic (exact) mass is 303 g/mol. The molecule has 1 nitrogen and oxygen atoms in total. The van der Waals surface area contributed by atoms with Gasteiger partial charge in [0.2, 0.25) is 0 Å². The summed E-state index contributed by atoms with van der Waals surface area (Å²) < 4.78 is 0. The fourth-order valence-corrected chi connectivity index (χ4v) is 2.93. The Morgan fingerprint density at radius 1 is 0.882 bits per heavy atom. The largest absolute Gasteiger partial charge is 0.399 e. The van der Waals surface area contributed by atoms with E-state index in [1.54, 1.807) is 18.2 Å². The molecule has 0 aromatic heterocycles. The zero-order valence-electron chi connectivity index (χ0n) is 8.58. The summed E-state index contributed by atoms with van der Waals surface area (Å²) in [6.07, 6.45) is 0. The van der Waals surface area contributed by atoms with E-state index in [0.717, 1.165) is 9.79 Å². The summed E-state index contributed by atoms with van der Waals surface area (Å²) in [6.45, 7) is 0. The Kier molecular flexibility index (Phi) is 4.10. The van der Waals surface area contributed by atoms with Gasteiger partial charge in [-0.25, -0.2) is 0 Å². The third-order valence-electron chi connectivity index (χ3n) is 2.09. The van der Waals surface area contributed by atoms with Gasteiger partial charge in [-0.2, -0.15) is 0 Å². The summed E-state index contributed by atoms with van der Waals surface area (Å²) in [7, 11) is 0. The predicted molar refractivity (Wildman–Crippen MR) is 76.4 cm³/mol. The normalized spacial score (nSPS) is 10.5. The van der Waals surface area contributed by atoms with Crippen LogP contribution in [-0.4, -0.2) is 0 Å². The molecule has 17 heavy (non-hydrogen) atoms. The van der Waals surface area contributed by atoms with Gasteiger partial charge in [-0.1, -0.05) is 52.6 Å². The second-order valence-electron chi connectivity index (χ2n) is 3.34. The van der Waals surface area contributed by atoms with E-state index in [0.29, 0.717) is 20.8 Å². The molecular formula is C12H8Cl3NS. The molecule has 0 aliphatic rings. The highest BCUT2D eigenvalue weighted by Gasteiger charge is 2.08. The Balaban J connectivity index is 2.35. The van der Waals surface area contributed by atoms with E-state index < -0.39 is 0 Å². The van der Waals surface area contributed by atoms with Crippen molar-refractivity contribution in [2.75, 3.05) is 5.73 Å². The zero-order chi connectivity index (χ0) is 12.4. The average molecular weight is 305 g/mol. The van der Waals surface area contributed by atoms with Crippen molar-refractivity contribution in [3.05, 3.63) is 51.5 Å². The van der Waals surface area contributed by atoms with E-state index in [9.17, 15) is 0 Å². The van der Waals surface area contributed by atoms with Gasteiger partial charge in [-0.05, 0) is 30.3 Å². The summed E-state index contributed by atoms with van der Waals surface area (Å²) in [5.41, 5.74) is 6.27. The van der Waals surface area contributed by atoms with Gasteiger partial charge in [-0.15, -0.1) is 0 Å². The number of rotatable bonds is 2. The topological polar surface area (TPSA) is 26.0 Å². The minimum Gasteiger partial charge on any atom is -0.399 e. The van der Waals surface area contributed by atoms with Gasteiger partial charge in [0.1, 0.15) is 0 Å². The van der Waals surface area contributed by atoms with Crippen molar-refractivity contribution in [2.45, 2.75) is 9.79 Å². The van der Waals surface area contributed by atoms with E-state index in [1.807, 2.05) is 18.2 Å². The summed E-state index contributed by atoms with van der Waals surface area (Å²) in [5.74, 6) is 0. The van der Waals surface area contributed by atoms with Crippen molar-refractivity contribution < 1.29 is 0 Å². The molecule has 0 heterocycles. The van der Waals surface area contributed by atoms with Crippen LogP contribution >= 0.6 is 46.6 Å². The second kappa shape index (κ2) is 5.40. The molecule has 0 fully saturated rings. The number of benzene rings is 2. The predicted octanol–water partition coefficient (Wildman–Crippen LogP) is 5.38. The van der Waals surface area contributed by atoms with Crippen molar-refractivity contribution >= 4 is 52.3 Å². The quantitative estimate of drug-likeness (QED) is 0.754. The Morgan fingerprint density at radius 2 is 1.65 bits per heavy atom. The first-order valence-electron chi connectivity index (χ1n) is 4.75. The smallest absolute Gasteiger partial charge is 0.0731 e. The molecule has 0 aliphatic carbocycles. The Hall–Kier alpha value is -0.540. The van der Waals surface area contributed by atoms with Gasteiger partial charge >= 0.3 is 0 Å². The van der Waals surface area contributed by atoms with Gasteiger partial charge in [0.15, 0.2) is 0 Å². The molecule has 2 N–H and O–H groups in total. The van der Waals surface area contributed by atoms with Crippen LogP contribution in [0.25, 0.3) is 0 Å². The Bertz CT molecular complexity index is 557. The zero-order valence-corrected chi connectivity index (χ0v) is 11.7. The van der Waals surface area contributed by atoms with Gasteiger partial charge in [0.25, 0.3) is 0 Å². The van der Waals surface area contributed by atoms with Crippen molar-refractivity contribution in [2.24, 2.45) is 0 Å². The minimum atomic E-state index is 0.531. The van der Waals surface area contributed by atoms with Crippen LogP contribution in [-0.2, 0) is 0 Å². The summed E-state index contributed by atoms with van der Waals surface area (Å²) in [6, 6.07) is 10.9. The summed E-state index contributed by atoms with van der Waals surface area (Å²) in [4.78, 5) is 1.76. The maximum atomic E-state index is 6.11. The van der Waals surface area contributed by atoms with Crippen LogP contribution in [0.3, 0.4) is 0 Å². The highest BCUT2D eigenvalue weighted by Crippen LogP contribution is 2.40. The maximum Gasteiger partial charge on any atom is 0.0731 e. The van der Waals surface area contributed by atoms with E-state index in [4.69, 9.17) is 40.5 Å². The van der Waals surface area contributed by atoms with Crippen molar-refractivity contribution in [1.29, 1.82) is 0 Å². The first kappa shape index (κ1) is 12.9. The van der Waals surface area contributed by atoms with Crippen LogP contribution in [0.5, 0.6) is 0 Å². The van der Waals surface area contributed by atoms with Crippen molar-refractivity contribution in [3.8, 4) is 0 Å². The van der Waals surface area contributed by atoms with Crippen molar-refractivity contribution in [1.82, 2.24) is 0 Å². The van der Waals surface area contributed by atoms with Gasteiger partial charge in [-0.3, -0.25) is 0 Å². The lowest BCUT2D eigenvalue weighted by molar-refractivity contribution is 1.41. The number of halogens is 3. The molecular weight excluding hydrogens is 297 g/mol. The van der Waals surface area contributed by atoms with E-state index in [-0.39, 0.29) is 0 Å². The van der Waals surface area contributed by atoms with Crippen LogP contribution in [0.1, 0.15) is 0 Å². The lowest BCUT2D eigenvalue weighted by Gasteiger charge is -2.07. The lowest BCUT2D eigenvalue weighted by atomic mass is 10.3. The molecule has 0 radical (unpaired) electrons. The van der Waals surface area contributed by atoms with Crippen molar-refractivity contribution in [3.63, 3.8) is 0 Å². The molecule has 2 aromatic rings. The highest BCUT2D eigenvalue weighted by atomic mass is 35.5. The molecule has 0 bridgehead atoms. The SMILES string of the molecule is Nc1ccc(Sc2cccc(Cl)c2Cl)c(Cl)c1. The maximum absolute atomic E-state index is 6.11. The summed E-state index contributed by atoms with van der Waals surface area (Å²) >= 11 is 19.6. The number of anilines is 1. The molecule has 5 heteroatoms. The first-order valence-corrected chi connectivity index (χ1v) is 6.70. The van der Waals surface area contributed by atoms with Gasteiger partial charge in [0, 0.05) is 15.5 Å². The molecule has 0 saturated heterocycles. The first-order chi connectivity index (χ1) is 8.08. The molecule has 0 saturated carbocycles. The second-order valence-corrected chi connectivity index (χ2v) is 5.62. The minimum absolute atomic E-state index is 0.531. The van der Waals surface area contributed by atoms with E-state index >= 15 is 0 Å². The molecule has 0 amide bonds. The molecule has 0 atom stereocenters. The average Bonchev–Trinajstić information content (AvgIpc) is 2.28. The number of hydrogen-bond acceptors (Lipinski definition) is 2. The molecule has 0 aliphatic heterocycles. The summed E-state index contributed by atoms with van der Waals surface area (Å²) in [5, 5.41) is 1.67. The lowest BCUT2D eigenvalue weighted by Crippen LogP contribution is -1.85. The Morgan fingerprint density at radius 3 is 2.35 bits per heavy atom. The Labute approximate surface area is 119 Å². The third-order valence-corrected chi connectivity index (χ3v) is 4.58. The third kappa shape index (κ3) is 3.02. The number of nitrogens with two attached hydrogens (primary N) is 1. The van der Waals surface area contributed by atoms with E-state index in [1.165, 1.54) is 11.8 Å². The molecule has 2 aromatic carbocycles. The van der Waals surface area contributed by atoms with Crippen LogP contribution in [0, 0.1) is 0 Å². The molecule has 0 spiro atoms. The van der Waals surface area contributed by atoms with Crippen LogP contribution in [0.4, 0.5) is 5.69 Å². The molecule has 0 unspecified atom stereocenters. The van der Waals surface area contributed by atoms with Crippen LogP contribution < -0.4 is 5.73 Å².